The van der Waals surface area contributed by atoms with Crippen molar-refractivity contribution < 1.29 is 14.0 Å². The molecule has 22 heavy (non-hydrogen) atoms. The van der Waals surface area contributed by atoms with Gasteiger partial charge in [-0.3, -0.25) is 9.59 Å². The zero-order valence-corrected chi connectivity index (χ0v) is 14.2. The topological polar surface area (TPSA) is 40.6 Å². The molecule has 1 rings (SSSR count). The van der Waals surface area contributed by atoms with Crippen molar-refractivity contribution in [2.45, 2.75) is 20.4 Å². The van der Waals surface area contributed by atoms with Gasteiger partial charge in [-0.05, 0) is 31.5 Å². The van der Waals surface area contributed by atoms with Gasteiger partial charge in [0.2, 0.25) is 11.8 Å². The van der Waals surface area contributed by atoms with Crippen molar-refractivity contribution in [1.82, 2.24) is 9.80 Å². The van der Waals surface area contributed by atoms with Crippen LogP contribution in [0.5, 0.6) is 0 Å². The molecule has 0 N–H and O–H groups in total. The first kappa shape index (κ1) is 18.5. The van der Waals surface area contributed by atoms with Crippen LogP contribution < -0.4 is 0 Å². The number of hydrogen-bond donors (Lipinski definition) is 0. The molecule has 0 heterocycles. The van der Waals surface area contributed by atoms with E-state index in [2.05, 4.69) is 0 Å². The van der Waals surface area contributed by atoms with Crippen molar-refractivity contribution in [3.05, 3.63) is 35.6 Å². The van der Waals surface area contributed by atoms with Crippen molar-refractivity contribution in [1.29, 1.82) is 0 Å². The van der Waals surface area contributed by atoms with Crippen molar-refractivity contribution >= 4 is 23.6 Å². The van der Waals surface area contributed by atoms with Crippen LogP contribution in [0.25, 0.3) is 0 Å². The summed E-state index contributed by atoms with van der Waals surface area (Å²) in [5.41, 5.74) is 0.876. The summed E-state index contributed by atoms with van der Waals surface area (Å²) in [5.74, 6) is 0.316. The van der Waals surface area contributed by atoms with Gasteiger partial charge in [0, 0.05) is 26.7 Å². The summed E-state index contributed by atoms with van der Waals surface area (Å²) in [5, 5.41) is 0. The highest BCUT2D eigenvalue weighted by molar-refractivity contribution is 8.00. The highest BCUT2D eigenvalue weighted by Gasteiger charge is 2.13. The summed E-state index contributed by atoms with van der Waals surface area (Å²) in [4.78, 5) is 27.2. The molecule has 0 fully saturated rings. The third-order valence-electron chi connectivity index (χ3n) is 3.33. The molecule has 1 aromatic rings. The van der Waals surface area contributed by atoms with E-state index in [1.807, 2.05) is 13.8 Å². The molecule has 0 spiro atoms. The Hall–Kier alpha value is -1.56. The molecule has 0 aliphatic carbocycles. The zero-order valence-electron chi connectivity index (χ0n) is 13.3. The quantitative estimate of drug-likeness (QED) is 0.736. The van der Waals surface area contributed by atoms with Crippen molar-refractivity contribution in [3.63, 3.8) is 0 Å². The van der Waals surface area contributed by atoms with Crippen LogP contribution in [0.2, 0.25) is 0 Å². The minimum atomic E-state index is -0.289. The molecule has 122 valence electrons. The minimum absolute atomic E-state index is 0.0401. The highest BCUT2D eigenvalue weighted by atomic mass is 32.2. The Balaban J connectivity index is 2.35. The summed E-state index contributed by atoms with van der Waals surface area (Å²) in [6.45, 7) is 5.69. The lowest BCUT2D eigenvalue weighted by Crippen LogP contribution is -2.33. The largest absolute Gasteiger partial charge is 0.343 e. The number of hydrogen-bond acceptors (Lipinski definition) is 3. The van der Waals surface area contributed by atoms with Crippen molar-refractivity contribution in [2.24, 2.45) is 0 Å². The molecular weight excluding hydrogens is 303 g/mol. The number of halogens is 1. The number of carbonyl (C=O) groups is 2. The summed E-state index contributed by atoms with van der Waals surface area (Å²) in [6.07, 6.45) is 0. The number of carbonyl (C=O) groups excluding carboxylic acids is 2. The average molecular weight is 326 g/mol. The fourth-order valence-corrected chi connectivity index (χ4v) is 2.81. The van der Waals surface area contributed by atoms with Gasteiger partial charge in [0.25, 0.3) is 0 Å². The average Bonchev–Trinajstić information content (AvgIpc) is 2.50. The SMILES string of the molecule is CCN(CC)C(=O)CSCC(=O)N(C)Cc1ccc(F)cc1. The Bertz CT molecular complexity index is 489. The third-order valence-corrected chi connectivity index (χ3v) is 4.23. The first-order chi connectivity index (χ1) is 10.5. The molecule has 0 atom stereocenters. The summed E-state index contributed by atoms with van der Waals surface area (Å²) in [7, 11) is 1.71. The second-order valence-electron chi connectivity index (χ2n) is 4.94. The summed E-state index contributed by atoms with van der Waals surface area (Å²) in [6, 6.07) is 6.09. The molecule has 0 unspecified atom stereocenters. The second kappa shape index (κ2) is 9.46. The van der Waals surface area contributed by atoms with E-state index in [1.54, 1.807) is 29.0 Å². The molecule has 0 aliphatic heterocycles. The van der Waals surface area contributed by atoms with Crippen LogP contribution in [-0.4, -0.2) is 53.3 Å². The van der Waals surface area contributed by atoms with Gasteiger partial charge in [0.05, 0.1) is 11.5 Å². The molecule has 4 nitrogen and oxygen atoms in total. The predicted octanol–water partition coefficient (Wildman–Crippen LogP) is 2.39. The molecule has 0 saturated carbocycles. The van der Waals surface area contributed by atoms with E-state index in [-0.39, 0.29) is 23.4 Å². The maximum absolute atomic E-state index is 12.8. The van der Waals surface area contributed by atoms with E-state index in [0.717, 1.165) is 5.56 Å². The fraction of sp³-hybridized carbons (Fsp3) is 0.500. The Morgan fingerprint density at radius 2 is 1.59 bits per heavy atom. The van der Waals surface area contributed by atoms with Gasteiger partial charge in [-0.15, -0.1) is 11.8 Å². The van der Waals surface area contributed by atoms with Crippen LogP contribution in [-0.2, 0) is 16.1 Å². The van der Waals surface area contributed by atoms with Gasteiger partial charge in [0.15, 0.2) is 0 Å². The molecule has 0 bridgehead atoms. The van der Waals surface area contributed by atoms with Gasteiger partial charge < -0.3 is 9.80 Å². The second-order valence-corrected chi connectivity index (χ2v) is 5.92. The number of rotatable bonds is 8. The maximum Gasteiger partial charge on any atom is 0.232 e. The number of nitrogens with zero attached hydrogens (tertiary/aromatic N) is 2. The molecule has 0 aromatic heterocycles. The van der Waals surface area contributed by atoms with Gasteiger partial charge >= 0.3 is 0 Å². The summed E-state index contributed by atoms with van der Waals surface area (Å²) < 4.78 is 12.8. The smallest absolute Gasteiger partial charge is 0.232 e. The minimum Gasteiger partial charge on any atom is -0.343 e. The molecule has 6 heteroatoms. The van der Waals surface area contributed by atoms with Crippen molar-refractivity contribution in [3.8, 4) is 0 Å². The summed E-state index contributed by atoms with van der Waals surface area (Å²) >= 11 is 1.33. The van der Waals surface area contributed by atoms with E-state index in [1.165, 1.54) is 23.9 Å². The van der Waals surface area contributed by atoms with E-state index in [9.17, 15) is 14.0 Å². The van der Waals surface area contributed by atoms with Crippen molar-refractivity contribution in [2.75, 3.05) is 31.6 Å². The van der Waals surface area contributed by atoms with Gasteiger partial charge in [-0.1, -0.05) is 12.1 Å². The monoisotopic (exact) mass is 326 g/mol. The Kier molecular flexibility index (Phi) is 7.95. The highest BCUT2D eigenvalue weighted by Crippen LogP contribution is 2.09. The Morgan fingerprint density at radius 1 is 1.05 bits per heavy atom. The Labute approximate surface area is 135 Å². The first-order valence-electron chi connectivity index (χ1n) is 7.31. The van der Waals surface area contributed by atoms with Crippen LogP contribution in [0.4, 0.5) is 4.39 Å². The molecule has 0 aliphatic rings. The predicted molar refractivity (Wildman–Crippen MR) is 88.1 cm³/mol. The van der Waals surface area contributed by atoms with Crippen LogP contribution in [0.3, 0.4) is 0 Å². The molecular formula is C16H23FN2O2S. The maximum atomic E-state index is 12.8. The number of benzene rings is 1. The standard InChI is InChI=1S/C16H23FN2O2S/c1-4-19(5-2)16(21)12-22-11-15(20)18(3)10-13-6-8-14(17)9-7-13/h6-9H,4-5,10-12H2,1-3H3. The number of amides is 2. The van der Waals surface area contributed by atoms with E-state index >= 15 is 0 Å². The van der Waals surface area contributed by atoms with Gasteiger partial charge in [-0.25, -0.2) is 4.39 Å². The van der Waals surface area contributed by atoms with Crippen LogP contribution in [0.15, 0.2) is 24.3 Å². The van der Waals surface area contributed by atoms with Crippen LogP contribution >= 0.6 is 11.8 Å². The van der Waals surface area contributed by atoms with Crippen LogP contribution in [0, 0.1) is 5.82 Å². The number of thioether (sulfide) groups is 1. The first-order valence-corrected chi connectivity index (χ1v) is 8.47. The van der Waals surface area contributed by atoms with E-state index in [4.69, 9.17) is 0 Å². The normalized spacial score (nSPS) is 10.4. The van der Waals surface area contributed by atoms with Gasteiger partial charge in [0.1, 0.15) is 5.82 Å². The van der Waals surface area contributed by atoms with Crippen LogP contribution in [0.1, 0.15) is 19.4 Å². The third kappa shape index (κ3) is 6.05. The fourth-order valence-electron chi connectivity index (χ4n) is 1.96. The lowest BCUT2D eigenvalue weighted by Gasteiger charge is -2.19. The lowest BCUT2D eigenvalue weighted by molar-refractivity contribution is -0.128. The zero-order chi connectivity index (χ0) is 16.5. The van der Waals surface area contributed by atoms with E-state index < -0.39 is 0 Å². The lowest BCUT2D eigenvalue weighted by atomic mass is 10.2. The molecule has 0 saturated heterocycles. The van der Waals surface area contributed by atoms with E-state index in [0.29, 0.717) is 25.4 Å². The molecule has 2 amide bonds. The molecule has 1 aromatic carbocycles. The molecule has 0 radical (unpaired) electrons. The Morgan fingerprint density at radius 3 is 2.14 bits per heavy atom. The van der Waals surface area contributed by atoms with Gasteiger partial charge in [-0.2, -0.15) is 0 Å².